The Kier molecular flexibility index (Phi) is 4.88. The number of carboxylic acids is 1. The van der Waals surface area contributed by atoms with E-state index in [1.807, 2.05) is 42.5 Å². The maximum absolute atomic E-state index is 11.4. The van der Waals surface area contributed by atoms with Crippen LogP contribution in [-0.4, -0.2) is 43.8 Å². The molecular formula is C18H19N3O3. The summed E-state index contributed by atoms with van der Waals surface area (Å²) >= 11 is 0. The molecule has 0 saturated carbocycles. The van der Waals surface area contributed by atoms with Crippen LogP contribution in [0, 0.1) is 0 Å². The van der Waals surface area contributed by atoms with Gasteiger partial charge in [-0.3, -0.25) is 4.90 Å². The van der Waals surface area contributed by atoms with Gasteiger partial charge < -0.3 is 10.2 Å². The lowest BCUT2D eigenvalue weighted by Crippen LogP contribution is -2.26. The molecule has 3 rings (SSSR count). The minimum absolute atomic E-state index is 0.0427. The van der Waals surface area contributed by atoms with Crippen LogP contribution >= 0.6 is 0 Å². The van der Waals surface area contributed by atoms with Crippen LogP contribution in [0.5, 0.6) is 0 Å². The van der Waals surface area contributed by atoms with Crippen LogP contribution in [0.4, 0.5) is 0 Å². The lowest BCUT2D eigenvalue weighted by molar-refractivity contribution is 0.0698. The molecule has 3 aromatic rings. The average molecular weight is 325 g/mol. The number of fused-ring (bicyclic) bond motifs is 1. The minimum Gasteiger partial charge on any atom is -0.478 e. The largest absolute Gasteiger partial charge is 0.478 e. The number of pyridine rings is 1. The Hall–Kier alpha value is -2.70. The topological polar surface area (TPSA) is 78.1 Å². The zero-order valence-electron chi connectivity index (χ0n) is 13.2. The van der Waals surface area contributed by atoms with E-state index in [1.54, 1.807) is 10.7 Å². The van der Waals surface area contributed by atoms with Crippen LogP contribution in [0.15, 0.2) is 54.9 Å². The molecule has 0 aliphatic carbocycles. The van der Waals surface area contributed by atoms with Gasteiger partial charge in [-0.2, -0.15) is 5.10 Å². The second-order valence-corrected chi connectivity index (χ2v) is 5.61. The molecule has 0 aliphatic heterocycles. The van der Waals surface area contributed by atoms with Gasteiger partial charge in [-0.25, -0.2) is 9.31 Å². The molecule has 0 aliphatic rings. The monoisotopic (exact) mass is 325 g/mol. The maximum Gasteiger partial charge on any atom is 0.339 e. The molecular weight excluding hydrogens is 306 g/mol. The molecule has 2 heterocycles. The Morgan fingerprint density at radius 2 is 1.92 bits per heavy atom. The zero-order chi connectivity index (χ0) is 16.9. The molecule has 0 atom stereocenters. The number of hydrogen-bond donors (Lipinski definition) is 2. The number of aromatic carboxylic acids is 1. The van der Waals surface area contributed by atoms with Gasteiger partial charge in [0.25, 0.3) is 0 Å². The standard InChI is InChI=1S/C18H19N3O3/c22-10-9-20(12-14-5-2-1-3-6-14)13-15-7-4-8-21-17(15)16(11-19-21)18(23)24/h1-8,11,22H,9-10,12-13H2,(H,23,24). The van der Waals surface area contributed by atoms with E-state index >= 15 is 0 Å². The van der Waals surface area contributed by atoms with Crippen molar-refractivity contribution >= 4 is 11.5 Å². The van der Waals surface area contributed by atoms with E-state index in [9.17, 15) is 15.0 Å². The van der Waals surface area contributed by atoms with Crippen LogP contribution in [0.1, 0.15) is 21.5 Å². The number of carboxylic acid groups (broad SMARTS) is 1. The fourth-order valence-electron chi connectivity index (χ4n) is 2.84. The molecule has 0 radical (unpaired) electrons. The third kappa shape index (κ3) is 3.45. The predicted molar refractivity (Wildman–Crippen MR) is 89.8 cm³/mol. The summed E-state index contributed by atoms with van der Waals surface area (Å²) < 4.78 is 1.58. The van der Waals surface area contributed by atoms with E-state index in [0.717, 1.165) is 11.1 Å². The molecule has 2 N–H and O–H groups in total. The summed E-state index contributed by atoms with van der Waals surface area (Å²) in [5, 5.41) is 22.8. The Balaban J connectivity index is 1.91. The van der Waals surface area contributed by atoms with Crippen molar-refractivity contribution in [1.82, 2.24) is 14.5 Å². The Morgan fingerprint density at radius 1 is 1.12 bits per heavy atom. The van der Waals surface area contributed by atoms with Gasteiger partial charge in [0, 0.05) is 25.8 Å². The van der Waals surface area contributed by atoms with E-state index in [2.05, 4.69) is 10.00 Å². The van der Waals surface area contributed by atoms with Gasteiger partial charge in [-0.05, 0) is 17.2 Å². The van der Waals surface area contributed by atoms with E-state index in [0.29, 0.717) is 25.2 Å². The first-order chi connectivity index (χ1) is 11.7. The quantitative estimate of drug-likeness (QED) is 0.695. The van der Waals surface area contributed by atoms with Crippen LogP contribution in [0.2, 0.25) is 0 Å². The van der Waals surface area contributed by atoms with Crippen LogP contribution in [-0.2, 0) is 13.1 Å². The smallest absolute Gasteiger partial charge is 0.339 e. The Morgan fingerprint density at radius 3 is 2.62 bits per heavy atom. The molecule has 124 valence electrons. The van der Waals surface area contributed by atoms with Crippen LogP contribution < -0.4 is 0 Å². The van der Waals surface area contributed by atoms with E-state index in [-0.39, 0.29) is 12.2 Å². The highest BCUT2D eigenvalue weighted by Crippen LogP contribution is 2.19. The van der Waals surface area contributed by atoms with Crippen molar-refractivity contribution in [3.8, 4) is 0 Å². The Labute approximate surface area is 139 Å². The number of carbonyl (C=O) groups is 1. The molecule has 24 heavy (non-hydrogen) atoms. The molecule has 0 saturated heterocycles. The normalized spacial score (nSPS) is 11.2. The number of nitrogens with zero attached hydrogens (tertiary/aromatic N) is 3. The third-order valence-electron chi connectivity index (χ3n) is 3.91. The number of benzene rings is 1. The number of aromatic nitrogens is 2. The van der Waals surface area contributed by atoms with Gasteiger partial charge in [0.2, 0.25) is 0 Å². The molecule has 6 nitrogen and oxygen atoms in total. The van der Waals surface area contributed by atoms with Gasteiger partial charge in [-0.1, -0.05) is 36.4 Å². The minimum atomic E-state index is -0.991. The number of hydrogen-bond acceptors (Lipinski definition) is 4. The molecule has 0 bridgehead atoms. The predicted octanol–water partition coefficient (Wildman–Crippen LogP) is 2.03. The van der Waals surface area contributed by atoms with Crippen molar-refractivity contribution in [2.24, 2.45) is 0 Å². The van der Waals surface area contributed by atoms with Crippen molar-refractivity contribution in [1.29, 1.82) is 0 Å². The fraction of sp³-hybridized carbons (Fsp3) is 0.222. The first kappa shape index (κ1) is 16.2. The van der Waals surface area contributed by atoms with Gasteiger partial charge >= 0.3 is 5.97 Å². The van der Waals surface area contributed by atoms with E-state index < -0.39 is 5.97 Å². The molecule has 0 amide bonds. The van der Waals surface area contributed by atoms with Crippen LogP contribution in [0.3, 0.4) is 0 Å². The summed E-state index contributed by atoms with van der Waals surface area (Å²) in [6.07, 6.45) is 3.10. The third-order valence-corrected chi connectivity index (χ3v) is 3.91. The van der Waals surface area contributed by atoms with E-state index in [4.69, 9.17) is 0 Å². The van der Waals surface area contributed by atoms with Crippen molar-refractivity contribution in [2.45, 2.75) is 13.1 Å². The first-order valence-corrected chi connectivity index (χ1v) is 7.74. The first-order valence-electron chi connectivity index (χ1n) is 7.74. The summed E-state index contributed by atoms with van der Waals surface area (Å²) in [5.74, 6) is -0.991. The number of aliphatic hydroxyl groups is 1. The molecule has 2 aromatic heterocycles. The lowest BCUT2D eigenvalue weighted by atomic mass is 10.1. The highest BCUT2D eigenvalue weighted by molar-refractivity contribution is 5.96. The van der Waals surface area contributed by atoms with Crippen molar-refractivity contribution in [2.75, 3.05) is 13.2 Å². The summed E-state index contributed by atoms with van der Waals surface area (Å²) in [6, 6.07) is 13.7. The number of rotatable bonds is 7. The Bertz CT molecular complexity index is 830. The van der Waals surface area contributed by atoms with Crippen molar-refractivity contribution in [3.05, 3.63) is 71.5 Å². The van der Waals surface area contributed by atoms with Crippen molar-refractivity contribution in [3.63, 3.8) is 0 Å². The second-order valence-electron chi connectivity index (χ2n) is 5.61. The highest BCUT2D eigenvalue weighted by Gasteiger charge is 2.16. The van der Waals surface area contributed by atoms with Gasteiger partial charge in [0.05, 0.1) is 18.3 Å². The molecule has 0 unspecified atom stereocenters. The van der Waals surface area contributed by atoms with Gasteiger partial charge in [-0.15, -0.1) is 0 Å². The molecule has 1 aromatic carbocycles. The summed E-state index contributed by atoms with van der Waals surface area (Å²) in [4.78, 5) is 13.5. The summed E-state index contributed by atoms with van der Waals surface area (Å²) in [6.45, 7) is 1.76. The fourth-order valence-corrected chi connectivity index (χ4v) is 2.84. The molecule has 0 fully saturated rings. The summed E-state index contributed by atoms with van der Waals surface area (Å²) in [7, 11) is 0. The second kappa shape index (κ2) is 7.25. The van der Waals surface area contributed by atoms with Crippen molar-refractivity contribution < 1.29 is 15.0 Å². The van der Waals surface area contributed by atoms with E-state index in [1.165, 1.54) is 6.20 Å². The van der Waals surface area contributed by atoms with Crippen LogP contribution in [0.25, 0.3) is 5.52 Å². The van der Waals surface area contributed by atoms with Gasteiger partial charge in [0.15, 0.2) is 0 Å². The average Bonchev–Trinajstić information content (AvgIpc) is 3.01. The zero-order valence-corrected chi connectivity index (χ0v) is 13.2. The van der Waals surface area contributed by atoms with Gasteiger partial charge in [0.1, 0.15) is 5.56 Å². The maximum atomic E-state index is 11.4. The highest BCUT2D eigenvalue weighted by atomic mass is 16.4. The summed E-state index contributed by atoms with van der Waals surface area (Å²) in [5.41, 5.74) is 2.80. The molecule has 0 spiro atoms. The number of aliphatic hydroxyl groups excluding tert-OH is 1. The molecule has 6 heteroatoms. The SMILES string of the molecule is O=C(O)c1cnn2cccc(CN(CCO)Cc3ccccc3)c12. The lowest BCUT2D eigenvalue weighted by Gasteiger charge is -2.22.